The van der Waals surface area contributed by atoms with Crippen molar-refractivity contribution in [2.75, 3.05) is 7.11 Å². The van der Waals surface area contributed by atoms with E-state index in [1.165, 1.54) is 0 Å². The topological polar surface area (TPSA) is 47.3 Å². The van der Waals surface area contributed by atoms with Crippen molar-refractivity contribution in [1.82, 2.24) is 9.55 Å². The van der Waals surface area contributed by atoms with E-state index >= 15 is 0 Å². The van der Waals surface area contributed by atoms with Crippen molar-refractivity contribution in [2.45, 2.75) is 31.9 Å². The Morgan fingerprint density at radius 2 is 2.26 bits per heavy atom. The molecule has 0 fully saturated rings. The predicted molar refractivity (Wildman–Crippen MR) is 72.2 cm³/mol. The van der Waals surface area contributed by atoms with E-state index in [1.807, 2.05) is 35.0 Å². The van der Waals surface area contributed by atoms with Crippen LogP contribution in [0.15, 0.2) is 30.5 Å². The number of aryl methyl sites for hydroxylation is 1. The molecule has 0 saturated heterocycles. The summed E-state index contributed by atoms with van der Waals surface area (Å²) in [6.45, 7) is 0. The summed E-state index contributed by atoms with van der Waals surface area (Å²) < 4.78 is 7.33. The van der Waals surface area contributed by atoms with E-state index < -0.39 is 6.23 Å². The van der Waals surface area contributed by atoms with Crippen molar-refractivity contribution >= 4 is 0 Å². The summed E-state index contributed by atoms with van der Waals surface area (Å²) in [5.41, 5.74) is 2.22. The van der Waals surface area contributed by atoms with Crippen molar-refractivity contribution in [3.05, 3.63) is 47.5 Å². The molecule has 0 spiro atoms. The van der Waals surface area contributed by atoms with E-state index in [2.05, 4.69) is 4.98 Å². The Hall–Kier alpha value is -1.81. The fraction of sp³-hybridized carbons (Fsp3) is 0.400. The minimum atomic E-state index is -0.434. The summed E-state index contributed by atoms with van der Waals surface area (Å²) in [6, 6.07) is 7.94. The van der Waals surface area contributed by atoms with Crippen LogP contribution in [-0.2, 0) is 12.8 Å². The average molecular weight is 258 g/mol. The second-order valence-corrected chi connectivity index (χ2v) is 4.90. The molecule has 19 heavy (non-hydrogen) atoms. The smallest absolute Gasteiger partial charge is 0.132 e. The molecule has 0 radical (unpaired) electrons. The molecule has 1 unspecified atom stereocenters. The molecule has 2 heterocycles. The van der Waals surface area contributed by atoms with Crippen LogP contribution in [0.4, 0.5) is 0 Å². The van der Waals surface area contributed by atoms with Gasteiger partial charge in [-0.1, -0.05) is 18.2 Å². The number of methoxy groups -OCH3 is 1. The molecule has 100 valence electrons. The summed E-state index contributed by atoms with van der Waals surface area (Å²) in [4.78, 5) is 4.47. The predicted octanol–water partition coefficient (Wildman–Crippen LogP) is 2.31. The number of rotatable bonds is 3. The highest BCUT2D eigenvalue weighted by Gasteiger charge is 2.21. The maximum absolute atomic E-state index is 10.1. The van der Waals surface area contributed by atoms with Gasteiger partial charge in [-0.15, -0.1) is 0 Å². The SMILES string of the molecule is COc1ccccc1Cc1ncc2n1C(O)CCC2. The molecule has 1 aliphatic rings. The minimum Gasteiger partial charge on any atom is -0.496 e. The van der Waals surface area contributed by atoms with Crippen LogP contribution in [0, 0.1) is 0 Å². The van der Waals surface area contributed by atoms with Gasteiger partial charge >= 0.3 is 0 Å². The first-order chi connectivity index (χ1) is 9.29. The van der Waals surface area contributed by atoms with Crippen LogP contribution < -0.4 is 4.74 Å². The lowest BCUT2D eigenvalue weighted by Gasteiger charge is -2.23. The first-order valence-corrected chi connectivity index (χ1v) is 6.64. The molecular weight excluding hydrogens is 240 g/mol. The van der Waals surface area contributed by atoms with E-state index in [0.29, 0.717) is 6.42 Å². The quantitative estimate of drug-likeness (QED) is 0.919. The molecule has 1 aromatic carbocycles. The number of benzene rings is 1. The Morgan fingerprint density at radius 1 is 1.42 bits per heavy atom. The number of ether oxygens (including phenoxy) is 1. The standard InChI is InChI=1S/C15H18N2O2/c1-19-13-7-3-2-5-11(13)9-14-16-10-12-6-4-8-15(18)17(12)14/h2-3,5,7,10,15,18H,4,6,8-9H2,1H3. The Bertz CT molecular complexity index is 577. The van der Waals surface area contributed by atoms with Crippen LogP contribution in [0.3, 0.4) is 0 Å². The van der Waals surface area contributed by atoms with Gasteiger partial charge in [-0.05, 0) is 25.3 Å². The van der Waals surface area contributed by atoms with Crippen molar-refractivity contribution in [3.63, 3.8) is 0 Å². The van der Waals surface area contributed by atoms with E-state index in [9.17, 15) is 5.11 Å². The molecule has 1 aliphatic heterocycles. The van der Waals surface area contributed by atoms with Crippen LogP contribution in [0.25, 0.3) is 0 Å². The van der Waals surface area contributed by atoms with Crippen LogP contribution in [0.1, 0.15) is 36.2 Å². The Labute approximate surface area is 112 Å². The van der Waals surface area contributed by atoms with Gasteiger partial charge in [0.05, 0.1) is 7.11 Å². The van der Waals surface area contributed by atoms with Crippen LogP contribution in [0.5, 0.6) is 5.75 Å². The third kappa shape index (κ3) is 2.24. The molecule has 1 aromatic heterocycles. The molecule has 0 bridgehead atoms. The third-order valence-electron chi connectivity index (χ3n) is 3.68. The first-order valence-electron chi connectivity index (χ1n) is 6.64. The van der Waals surface area contributed by atoms with Gasteiger partial charge in [-0.3, -0.25) is 0 Å². The highest BCUT2D eigenvalue weighted by atomic mass is 16.5. The average Bonchev–Trinajstić information content (AvgIpc) is 2.84. The number of fused-ring (bicyclic) bond motifs is 1. The molecular formula is C15H18N2O2. The zero-order valence-corrected chi connectivity index (χ0v) is 11.0. The summed E-state index contributed by atoms with van der Waals surface area (Å²) >= 11 is 0. The number of hydrogen-bond acceptors (Lipinski definition) is 3. The number of aliphatic hydroxyl groups is 1. The fourth-order valence-corrected chi connectivity index (χ4v) is 2.73. The molecule has 4 heteroatoms. The summed E-state index contributed by atoms with van der Waals surface area (Å²) in [6.07, 6.45) is 4.96. The lowest BCUT2D eigenvalue weighted by molar-refractivity contribution is 0.0762. The van der Waals surface area contributed by atoms with Gasteiger partial charge in [0.15, 0.2) is 0 Å². The molecule has 1 atom stereocenters. The van der Waals surface area contributed by atoms with Crippen LogP contribution in [0.2, 0.25) is 0 Å². The summed E-state index contributed by atoms with van der Waals surface area (Å²) in [5, 5.41) is 10.1. The fourth-order valence-electron chi connectivity index (χ4n) is 2.73. The largest absolute Gasteiger partial charge is 0.496 e. The highest BCUT2D eigenvalue weighted by molar-refractivity contribution is 5.35. The van der Waals surface area contributed by atoms with Crippen molar-refractivity contribution in [2.24, 2.45) is 0 Å². The number of aromatic nitrogens is 2. The second kappa shape index (κ2) is 5.05. The Balaban J connectivity index is 1.94. The molecule has 0 aliphatic carbocycles. The van der Waals surface area contributed by atoms with E-state index in [1.54, 1.807) is 7.11 Å². The van der Waals surface area contributed by atoms with E-state index in [4.69, 9.17) is 4.74 Å². The lowest BCUT2D eigenvalue weighted by Crippen LogP contribution is -2.19. The van der Waals surface area contributed by atoms with Crippen molar-refractivity contribution < 1.29 is 9.84 Å². The molecule has 4 nitrogen and oxygen atoms in total. The monoisotopic (exact) mass is 258 g/mol. The summed E-state index contributed by atoms with van der Waals surface area (Å²) in [7, 11) is 1.68. The number of imidazole rings is 1. The van der Waals surface area contributed by atoms with Crippen molar-refractivity contribution in [3.8, 4) is 5.75 Å². The minimum absolute atomic E-state index is 0.434. The van der Waals surface area contributed by atoms with Crippen molar-refractivity contribution in [1.29, 1.82) is 0 Å². The van der Waals surface area contributed by atoms with Crippen LogP contribution >= 0.6 is 0 Å². The van der Waals surface area contributed by atoms with Crippen LogP contribution in [-0.4, -0.2) is 21.8 Å². The Morgan fingerprint density at radius 3 is 3.11 bits per heavy atom. The highest BCUT2D eigenvalue weighted by Crippen LogP contribution is 2.27. The zero-order chi connectivity index (χ0) is 13.2. The number of para-hydroxylation sites is 1. The Kier molecular flexibility index (Phi) is 3.25. The number of nitrogens with zero attached hydrogens (tertiary/aromatic N) is 2. The zero-order valence-electron chi connectivity index (χ0n) is 11.0. The van der Waals surface area contributed by atoms with Gasteiger partial charge in [0.25, 0.3) is 0 Å². The van der Waals surface area contributed by atoms with Gasteiger partial charge in [0.1, 0.15) is 17.8 Å². The molecule has 0 amide bonds. The van der Waals surface area contributed by atoms with Gasteiger partial charge in [0, 0.05) is 23.9 Å². The van der Waals surface area contributed by atoms with Gasteiger partial charge in [0.2, 0.25) is 0 Å². The second-order valence-electron chi connectivity index (χ2n) is 4.90. The van der Waals surface area contributed by atoms with Gasteiger partial charge in [-0.25, -0.2) is 4.98 Å². The van der Waals surface area contributed by atoms with Gasteiger partial charge in [-0.2, -0.15) is 0 Å². The maximum atomic E-state index is 10.1. The van der Waals surface area contributed by atoms with Gasteiger partial charge < -0.3 is 14.4 Å². The first kappa shape index (κ1) is 12.2. The normalized spacial score (nSPS) is 18.1. The molecule has 0 saturated carbocycles. The van der Waals surface area contributed by atoms with E-state index in [-0.39, 0.29) is 0 Å². The molecule has 3 rings (SSSR count). The maximum Gasteiger partial charge on any atom is 0.132 e. The molecule has 1 N–H and O–H groups in total. The van der Waals surface area contributed by atoms with E-state index in [0.717, 1.165) is 42.1 Å². The number of hydrogen-bond donors (Lipinski definition) is 1. The third-order valence-corrected chi connectivity index (χ3v) is 3.68. The summed E-state index contributed by atoms with van der Waals surface area (Å²) in [5.74, 6) is 1.77. The molecule has 2 aromatic rings. The number of aliphatic hydroxyl groups excluding tert-OH is 1. The lowest BCUT2D eigenvalue weighted by atomic mass is 10.1.